The third kappa shape index (κ3) is 3.51. The van der Waals surface area contributed by atoms with Gasteiger partial charge in [0.2, 0.25) is 0 Å². The number of rotatable bonds is 4. The van der Waals surface area contributed by atoms with Crippen LogP contribution in [0.1, 0.15) is 27.6 Å². The minimum atomic E-state index is -0.471. The van der Waals surface area contributed by atoms with E-state index in [9.17, 15) is 9.59 Å². The lowest BCUT2D eigenvalue weighted by atomic mass is 10.1. The van der Waals surface area contributed by atoms with Crippen LogP contribution >= 0.6 is 11.3 Å². The third-order valence-electron chi connectivity index (χ3n) is 2.63. The van der Waals surface area contributed by atoms with E-state index in [0.717, 1.165) is 0 Å². The number of anilines is 3. The van der Waals surface area contributed by atoms with Crippen molar-refractivity contribution in [3.05, 3.63) is 40.8 Å². The number of thiophene rings is 1. The van der Waals surface area contributed by atoms with Gasteiger partial charge in [-0.15, -0.1) is 11.3 Å². The second kappa shape index (κ2) is 6.27. The summed E-state index contributed by atoms with van der Waals surface area (Å²) in [6.45, 7) is 1.99. The summed E-state index contributed by atoms with van der Waals surface area (Å²) in [6, 6.07) is 6.20. The number of nitrogen functional groups attached to an aromatic ring is 2. The molecule has 0 radical (unpaired) electrons. The van der Waals surface area contributed by atoms with Crippen LogP contribution in [0.2, 0.25) is 0 Å². The van der Waals surface area contributed by atoms with Crippen LogP contribution in [0, 0.1) is 0 Å². The second-order valence-corrected chi connectivity index (χ2v) is 5.14. The van der Waals surface area contributed by atoms with Crippen molar-refractivity contribution < 1.29 is 14.3 Å². The molecule has 2 rings (SSSR count). The molecule has 0 aliphatic carbocycles. The molecule has 6 nitrogen and oxygen atoms in total. The van der Waals surface area contributed by atoms with Crippen molar-refractivity contribution in [1.82, 2.24) is 0 Å². The topological polar surface area (TPSA) is 107 Å². The molecule has 0 bridgehead atoms. The summed E-state index contributed by atoms with van der Waals surface area (Å²) in [6.07, 6.45) is 0. The van der Waals surface area contributed by atoms with E-state index >= 15 is 0 Å². The van der Waals surface area contributed by atoms with E-state index in [4.69, 9.17) is 16.2 Å². The summed E-state index contributed by atoms with van der Waals surface area (Å²) in [5.41, 5.74) is 12.8. The first-order chi connectivity index (χ1) is 10.0. The Morgan fingerprint density at radius 2 is 1.90 bits per heavy atom. The van der Waals surface area contributed by atoms with Crippen LogP contribution in [0.25, 0.3) is 0 Å². The first-order valence-electron chi connectivity index (χ1n) is 6.23. The van der Waals surface area contributed by atoms with E-state index in [1.54, 1.807) is 24.4 Å². The number of ether oxygens (including phenoxy) is 1. The molecule has 1 amide bonds. The molecule has 1 heterocycles. The van der Waals surface area contributed by atoms with Gasteiger partial charge in [-0.1, -0.05) is 0 Å². The number of benzene rings is 1. The highest BCUT2D eigenvalue weighted by Crippen LogP contribution is 2.25. The summed E-state index contributed by atoms with van der Waals surface area (Å²) < 4.78 is 4.93. The number of esters is 1. The maximum absolute atomic E-state index is 12.2. The molecule has 21 heavy (non-hydrogen) atoms. The molecule has 1 aromatic carbocycles. The van der Waals surface area contributed by atoms with E-state index < -0.39 is 5.97 Å². The fourth-order valence-electron chi connectivity index (χ4n) is 1.76. The third-order valence-corrected chi connectivity index (χ3v) is 3.46. The van der Waals surface area contributed by atoms with Gasteiger partial charge in [0.25, 0.3) is 5.91 Å². The Bertz CT molecular complexity index is 662. The van der Waals surface area contributed by atoms with E-state index in [0.29, 0.717) is 27.5 Å². The van der Waals surface area contributed by atoms with Gasteiger partial charge in [-0.05, 0) is 36.6 Å². The molecule has 1 aromatic heterocycles. The lowest BCUT2D eigenvalue weighted by Crippen LogP contribution is -2.14. The van der Waals surface area contributed by atoms with Crippen LogP contribution in [0.5, 0.6) is 0 Å². The first-order valence-corrected chi connectivity index (χ1v) is 7.11. The van der Waals surface area contributed by atoms with Crippen LogP contribution in [0.3, 0.4) is 0 Å². The van der Waals surface area contributed by atoms with Gasteiger partial charge in [-0.25, -0.2) is 4.79 Å². The number of nitrogens with one attached hydrogen (secondary N) is 1. The summed E-state index contributed by atoms with van der Waals surface area (Å²) in [5.74, 6) is -0.858. The van der Waals surface area contributed by atoms with Crippen LogP contribution in [-0.2, 0) is 4.74 Å². The molecule has 7 heteroatoms. The molecule has 110 valence electrons. The van der Waals surface area contributed by atoms with E-state index in [-0.39, 0.29) is 12.5 Å². The zero-order valence-corrected chi connectivity index (χ0v) is 12.2. The van der Waals surface area contributed by atoms with Gasteiger partial charge in [0, 0.05) is 16.9 Å². The number of carbonyl (C=O) groups is 2. The van der Waals surface area contributed by atoms with Crippen LogP contribution in [0.15, 0.2) is 29.6 Å². The zero-order valence-electron chi connectivity index (χ0n) is 11.4. The number of hydrogen-bond donors (Lipinski definition) is 3. The fourth-order valence-corrected chi connectivity index (χ4v) is 2.53. The standard InChI is InChI=1S/C14H15N3O3S/c1-2-20-14(19)11-3-4-21-13(11)17-12(18)8-5-9(15)7-10(16)6-8/h3-7H,2,15-16H2,1H3,(H,17,18). The van der Waals surface area contributed by atoms with Crippen molar-refractivity contribution in [1.29, 1.82) is 0 Å². The van der Waals surface area contributed by atoms with Crippen LogP contribution in [-0.4, -0.2) is 18.5 Å². The van der Waals surface area contributed by atoms with Gasteiger partial charge in [-0.2, -0.15) is 0 Å². The molecular formula is C14H15N3O3S. The second-order valence-electron chi connectivity index (χ2n) is 4.23. The molecule has 0 aliphatic rings. The summed E-state index contributed by atoms with van der Waals surface area (Å²) in [7, 11) is 0. The van der Waals surface area contributed by atoms with Gasteiger partial charge >= 0.3 is 5.97 Å². The first kappa shape index (κ1) is 14.9. The molecule has 0 fully saturated rings. The molecule has 0 aliphatic heterocycles. The monoisotopic (exact) mass is 305 g/mol. The summed E-state index contributed by atoms with van der Waals surface area (Å²) in [4.78, 5) is 23.9. The van der Waals surface area contributed by atoms with E-state index in [1.807, 2.05) is 0 Å². The zero-order chi connectivity index (χ0) is 15.4. The Kier molecular flexibility index (Phi) is 4.44. The predicted octanol–water partition coefficient (Wildman–Crippen LogP) is 2.34. The Balaban J connectivity index is 2.20. The number of hydrogen-bond acceptors (Lipinski definition) is 6. The van der Waals surface area contributed by atoms with E-state index in [2.05, 4.69) is 5.32 Å². The van der Waals surface area contributed by atoms with Crippen molar-refractivity contribution in [3.8, 4) is 0 Å². The highest BCUT2D eigenvalue weighted by atomic mass is 32.1. The normalized spacial score (nSPS) is 10.1. The molecular weight excluding hydrogens is 290 g/mol. The molecule has 5 N–H and O–H groups in total. The summed E-state index contributed by atoms with van der Waals surface area (Å²) in [5, 5.41) is 4.80. The minimum Gasteiger partial charge on any atom is -0.462 e. The molecule has 0 spiro atoms. The predicted molar refractivity (Wildman–Crippen MR) is 83.5 cm³/mol. The quantitative estimate of drug-likeness (QED) is 0.593. The van der Waals surface area contributed by atoms with Gasteiger partial charge in [0.1, 0.15) is 5.00 Å². The number of amides is 1. The lowest BCUT2D eigenvalue weighted by molar-refractivity contribution is 0.0528. The largest absolute Gasteiger partial charge is 0.462 e. The molecule has 0 saturated heterocycles. The number of carbonyl (C=O) groups excluding carboxylic acids is 2. The molecule has 0 unspecified atom stereocenters. The SMILES string of the molecule is CCOC(=O)c1ccsc1NC(=O)c1cc(N)cc(N)c1. The fraction of sp³-hybridized carbons (Fsp3) is 0.143. The van der Waals surface area contributed by atoms with E-state index in [1.165, 1.54) is 23.5 Å². The van der Waals surface area contributed by atoms with Crippen molar-refractivity contribution in [2.24, 2.45) is 0 Å². The Hall–Kier alpha value is -2.54. The van der Waals surface area contributed by atoms with Crippen molar-refractivity contribution in [3.63, 3.8) is 0 Å². The maximum atomic E-state index is 12.2. The van der Waals surface area contributed by atoms with Gasteiger partial charge < -0.3 is 21.5 Å². The van der Waals surface area contributed by atoms with Crippen LogP contribution < -0.4 is 16.8 Å². The highest BCUT2D eigenvalue weighted by molar-refractivity contribution is 7.14. The smallest absolute Gasteiger partial charge is 0.341 e. The molecule has 0 atom stereocenters. The average molecular weight is 305 g/mol. The van der Waals surface area contributed by atoms with Gasteiger partial charge in [-0.3, -0.25) is 4.79 Å². The Labute approximate surface area is 125 Å². The van der Waals surface area contributed by atoms with Gasteiger partial charge in [0.15, 0.2) is 0 Å². The molecule has 0 saturated carbocycles. The lowest BCUT2D eigenvalue weighted by Gasteiger charge is -2.07. The Morgan fingerprint density at radius 1 is 1.24 bits per heavy atom. The highest BCUT2D eigenvalue weighted by Gasteiger charge is 2.17. The molecule has 2 aromatic rings. The van der Waals surface area contributed by atoms with Crippen molar-refractivity contribution >= 4 is 39.6 Å². The minimum absolute atomic E-state index is 0.272. The van der Waals surface area contributed by atoms with Crippen molar-refractivity contribution in [2.45, 2.75) is 6.92 Å². The Morgan fingerprint density at radius 3 is 2.52 bits per heavy atom. The van der Waals surface area contributed by atoms with Crippen molar-refractivity contribution in [2.75, 3.05) is 23.4 Å². The number of nitrogens with two attached hydrogens (primary N) is 2. The average Bonchev–Trinajstić information content (AvgIpc) is 2.86. The maximum Gasteiger partial charge on any atom is 0.341 e. The summed E-state index contributed by atoms with van der Waals surface area (Å²) >= 11 is 1.24. The van der Waals surface area contributed by atoms with Gasteiger partial charge in [0.05, 0.1) is 12.2 Å². The van der Waals surface area contributed by atoms with Crippen LogP contribution in [0.4, 0.5) is 16.4 Å².